The van der Waals surface area contributed by atoms with Gasteiger partial charge in [-0.05, 0) is 45.4 Å². The Morgan fingerprint density at radius 1 is 1.30 bits per heavy atom. The maximum Gasteiger partial charge on any atom is 0.230 e. The van der Waals surface area contributed by atoms with Gasteiger partial charge in [-0.3, -0.25) is 4.90 Å². The molecule has 142 valence electrons. The van der Waals surface area contributed by atoms with Gasteiger partial charge in [0.15, 0.2) is 0 Å². The molecule has 5 nitrogen and oxygen atoms in total. The SMILES string of the molecule is CCOc1ccccc1-c1nc(CN2CCCCC2c2nccs2)c(C)o1. The number of benzene rings is 1. The molecule has 0 N–H and O–H groups in total. The van der Waals surface area contributed by atoms with Gasteiger partial charge in [-0.2, -0.15) is 0 Å². The maximum atomic E-state index is 6.02. The highest BCUT2D eigenvalue weighted by Crippen LogP contribution is 2.35. The molecule has 0 saturated carbocycles. The first-order valence-electron chi connectivity index (χ1n) is 9.58. The summed E-state index contributed by atoms with van der Waals surface area (Å²) in [6, 6.07) is 8.30. The summed E-state index contributed by atoms with van der Waals surface area (Å²) < 4.78 is 11.8. The van der Waals surface area contributed by atoms with Crippen LogP contribution in [-0.2, 0) is 6.54 Å². The van der Waals surface area contributed by atoms with Crippen LogP contribution >= 0.6 is 11.3 Å². The van der Waals surface area contributed by atoms with Crippen molar-refractivity contribution in [3.8, 4) is 17.2 Å². The van der Waals surface area contributed by atoms with Gasteiger partial charge in [0.2, 0.25) is 5.89 Å². The third-order valence-corrected chi connectivity index (χ3v) is 5.89. The summed E-state index contributed by atoms with van der Waals surface area (Å²) in [7, 11) is 0. The van der Waals surface area contributed by atoms with E-state index in [1.54, 1.807) is 11.3 Å². The average molecular weight is 384 g/mol. The molecule has 1 aliphatic rings. The minimum atomic E-state index is 0.383. The highest BCUT2D eigenvalue weighted by Gasteiger charge is 2.27. The maximum absolute atomic E-state index is 6.02. The van der Waals surface area contributed by atoms with E-state index in [4.69, 9.17) is 14.1 Å². The number of nitrogens with zero attached hydrogens (tertiary/aromatic N) is 3. The number of para-hydroxylation sites is 1. The van der Waals surface area contributed by atoms with Gasteiger partial charge < -0.3 is 9.15 Å². The largest absolute Gasteiger partial charge is 0.493 e. The van der Waals surface area contributed by atoms with E-state index in [1.807, 2.05) is 44.3 Å². The van der Waals surface area contributed by atoms with E-state index in [1.165, 1.54) is 17.8 Å². The van der Waals surface area contributed by atoms with Gasteiger partial charge in [-0.1, -0.05) is 18.6 Å². The Morgan fingerprint density at radius 3 is 3.00 bits per heavy atom. The van der Waals surface area contributed by atoms with E-state index >= 15 is 0 Å². The van der Waals surface area contributed by atoms with Crippen LogP contribution < -0.4 is 4.74 Å². The van der Waals surface area contributed by atoms with Crippen molar-refractivity contribution in [2.75, 3.05) is 13.2 Å². The highest BCUT2D eigenvalue weighted by atomic mass is 32.1. The summed E-state index contributed by atoms with van der Waals surface area (Å²) in [5.74, 6) is 2.32. The quantitative estimate of drug-likeness (QED) is 0.583. The predicted octanol–water partition coefficient (Wildman–Crippen LogP) is 5.23. The number of aryl methyl sites for hydroxylation is 1. The lowest BCUT2D eigenvalue weighted by Crippen LogP contribution is -2.33. The predicted molar refractivity (Wildman–Crippen MR) is 107 cm³/mol. The zero-order valence-electron chi connectivity index (χ0n) is 15.9. The Balaban J connectivity index is 1.58. The fraction of sp³-hybridized carbons (Fsp3) is 0.429. The summed E-state index contributed by atoms with van der Waals surface area (Å²) in [5.41, 5.74) is 1.91. The summed E-state index contributed by atoms with van der Waals surface area (Å²) in [5, 5.41) is 3.27. The van der Waals surface area contributed by atoms with Gasteiger partial charge in [-0.15, -0.1) is 11.3 Å². The first-order chi connectivity index (χ1) is 13.3. The Bertz CT molecular complexity index is 875. The number of rotatable bonds is 6. The van der Waals surface area contributed by atoms with Crippen molar-refractivity contribution in [1.82, 2.24) is 14.9 Å². The molecule has 1 saturated heterocycles. The van der Waals surface area contributed by atoms with Gasteiger partial charge in [-0.25, -0.2) is 9.97 Å². The fourth-order valence-electron chi connectivity index (χ4n) is 3.67. The van der Waals surface area contributed by atoms with E-state index < -0.39 is 0 Å². The lowest BCUT2D eigenvalue weighted by Gasteiger charge is -2.33. The van der Waals surface area contributed by atoms with E-state index in [2.05, 4.69) is 15.3 Å². The van der Waals surface area contributed by atoms with Crippen molar-refractivity contribution >= 4 is 11.3 Å². The molecule has 1 aromatic carbocycles. The number of thiazole rings is 1. The van der Waals surface area contributed by atoms with Gasteiger partial charge >= 0.3 is 0 Å². The number of hydrogen-bond acceptors (Lipinski definition) is 6. The summed E-state index contributed by atoms with van der Waals surface area (Å²) in [6.45, 7) is 6.46. The van der Waals surface area contributed by atoms with Crippen molar-refractivity contribution in [1.29, 1.82) is 0 Å². The second kappa shape index (κ2) is 8.23. The fourth-order valence-corrected chi connectivity index (χ4v) is 4.47. The molecule has 27 heavy (non-hydrogen) atoms. The number of aromatic nitrogens is 2. The lowest BCUT2D eigenvalue weighted by atomic mass is 10.0. The monoisotopic (exact) mass is 383 g/mol. The Morgan fingerprint density at radius 2 is 2.19 bits per heavy atom. The number of hydrogen-bond donors (Lipinski definition) is 0. The van der Waals surface area contributed by atoms with Crippen LogP contribution in [0.25, 0.3) is 11.5 Å². The van der Waals surface area contributed by atoms with E-state index in [9.17, 15) is 0 Å². The van der Waals surface area contributed by atoms with Gasteiger partial charge in [0.25, 0.3) is 0 Å². The molecule has 0 bridgehead atoms. The van der Waals surface area contributed by atoms with Crippen molar-refractivity contribution in [2.45, 2.75) is 45.7 Å². The first kappa shape index (κ1) is 18.2. The molecule has 3 aromatic rings. The molecule has 3 heterocycles. The summed E-state index contributed by atoms with van der Waals surface area (Å²) in [4.78, 5) is 11.9. The topological polar surface area (TPSA) is 51.4 Å². The Hall–Kier alpha value is -2.18. The van der Waals surface area contributed by atoms with E-state index in [-0.39, 0.29) is 0 Å². The number of likely N-dealkylation sites (tertiary alicyclic amines) is 1. The van der Waals surface area contributed by atoms with E-state index in [0.29, 0.717) is 18.5 Å². The molecule has 1 atom stereocenters. The van der Waals surface area contributed by atoms with Gasteiger partial charge in [0.05, 0.1) is 23.9 Å². The molecule has 1 fully saturated rings. The molecule has 0 amide bonds. The minimum Gasteiger partial charge on any atom is -0.493 e. The molecule has 0 radical (unpaired) electrons. The van der Waals surface area contributed by atoms with Crippen molar-refractivity contribution < 1.29 is 9.15 Å². The molecule has 0 spiro atoms. The zero-order chi connectivity index (χ0) is 18.6. The van der Waals surface area contributed by atoms with Crippen molar-refractivity contribution in [3.63, 3.8) is 0 Å². The third-order valence-electron chi connectivity index (χ3n) is 5.01. The average Bonchev–Trinajstić information content (AvgIpc) is 3.34. The standard InChI is InChI=1S/C21H25N3O2S/c1-3-25-19-10-5-4-8-16(19)20-23-17(15(2)26-20)14-24-12-7-6-9-18(24)21-22-11-13-27-21/h4-5,8,10-11,13,18H,3,6-7,9,12,14H2,1-2H3. The van der Waals surface area contributed by atoms with Crippen LogP contribution in [0.1, 0.15) is 48.7 Å². The van der Waals surface area contributed by atoms with Crippen LogP contribution in [0.2, 0.25) is 0 Å². The molecule has 1 unspecified atom stereocenters. The molecule has 6 heteroatoms. The molecule has 2 aromatic heterocycles. The van der Waals surface area contributed by atoms with Crippen LogP contribution in [-0.4, -0.2) is 28.0 Å². The van der Waals surface area contributed by atoms with Gasteiger partial charge in [0, 0.05) is 18.1 Å². The van der Waals surface area contributed by atoms with Crippen molar-refractivity contribution in [3.05, 3.63) is 52.3 Å². The van der Waals surface area contributed by atoms with Crippen LogP contribution in [0.4, 0.5) is 0 Å². The number of piperidine rings is 1. The Kier molecular flexibility index (Phi) is 5.55. The molecular formula is C21H25N3O2S. The number of oxazole rings is 1. The first-order valence-corrected chi connectivity index (χ1v) is 10.5. The van der Waals surface area contributed by atoms with Crippen molar-refractivity contribution in [2.24, 2.45) is 0 Å². The normalized spacial score (nSPS) is 17.9. The smallest absolute Gasteiger partial charge is 0.230 e. The lowest BCUT2D eigenvalue weighted by molar-refractivity contribution is 0.138. The van der Waals surface area contributed by atoms with Crippen LogP contribution in [0.3, 0.4) is 0 Å². The van der Waals surface area contributed by atoms with Crippen LogP contribution in [0, 0.1) is 6.92 Å². The zero-order valence-corrected chi connectivity index (χ0v) is 16.7. The highest BCUT2D eigenvalue weighted by molar-refractivity contribution is 7.09. The van der Waals surface area contributed by atoms with E-state index in [0.717, 1.165) is 42.3 Å². The van der Waals surface area contributed by atoms with Crippen LogP contribution in [0.15, 0.2) is 40.3 Å². The van der Waals surface area contributed by atoms with Crippen LogP contribution in [0.5, 0.6) is 5.75 Å². The molecular weight excluding hydrogens is 358 g/mol. The summed E-state index contributed by atoms with van der Waals surface area (Å²) >= 11 is 1.74. The summed E-state index contributed by atoms with van der Waals surface area (Å²) in [6.07, 6.45) is 5.53. The Labute approximate surface area is 164 Å². The third kappa shape index (κ3) is 3.92. The minimum absolute atomic E-state index is 0.383. The number of ether oxygens (including phenoxy) is 1. The van der Waals surface area contributed by atoms with Gasteiger partial charge in [0.1, 0.15) is 16.5 Å². The molecule has 0 aliphatic carbocycles. The second-order valence-electron chi connectivity index (χ2n) is 6.80. The second-order valence-corrected chi connectivity index (χ2v) is 7.73. The molecule has 4 rings (SSSR count). The molecule has 1 aliphatic heterocycles.